The SMILES string of the molecule is COC[C@H](NC(=O)c1ccn(C2(C#N)CC2)n1)C(=O)Nc1nc(-c2cccc(N3C[C@@H](C)O[C@@H](C)C3)n2)cs1. The molecule has 204 valence electrons. The Morgan fingerprint density at radius 3 is 2.69 bits per heavy atom. The van der Waals surface area contributed by atoms with Crippen molar-refractivity contribution in [3.63, 3.8) is 0 Å². The Hall–Kier alpha value is -3.86. The van der Waals surface area contributed by atoms with E-state index in [1.165, 1.54) is 29.2 Å². The molecule has 1 aliphatic heterocycles. The molecule has 2 amide bonds. The van der Waals surface area contributed by atoms with E-state index < -0.39 is 23.4 Å². The zero-order valence-electron chi connectivity index (χ0n) is 22.0. The van der Waals surface area contributed by atoms with E-state index in [1.54, 1.807) is 6.20 Å². The lowest BCUT2D eigenvalue weighted by Gasteiger charge is -2.36. The molecule has 4 heterocycles. The van der Waals surface area contributed by atoms with Gasteiger partial charge in [0.05, 0.1) is 30.6 Å². The van der Waals surface area contributed by atoms with Crippen LogP contribution in [0, 0.1) is 11.3 Å². The number of aromatic nitrogens is 4. The lowest BCUT2D eigenvalue weighted by Crippen LogP contribution is -2.46. The summed E-state index contributed by atoms with van der Waals surface area (Å²) in [4.78, 5) is 37.3. The minimum absolute atomic E-state index is 0.0430. The third-order valence-electron chi connectivity index (χ3n) is 6.62. The van der Waals surface area contributed by atoms with Gasteiger partial charge in [-0.3, -0.25) is 14.3 Å². The molecule has 3 aromatic heterocycles. The molecule has 1 saturated carbocycles. The molecule has 13 heteroatoms. The van der Waals surface area contributed by atoms with Gasteiger partial charge >= 0.3 is 0 Å². The van der Waals surface area contributed by atoms with Gasteiger partial charge in [0.15, 0.2) is 5.13 Å². The van der Waals surface area contributed by atoms with Gasteiger partial charge in [-0.1, -0.05) is 6.07 Å². The number of thiazole rings is 1. The molecule has 0 radical (unpaired) electrons. The van der Waals surface area contributed by atoms with Crippen LogP contribution in [0.5, 0.6) is 0 Å². The fourth-order valence-electron chi connectivity index (χ4n) is 4.52. The van der Waals surface area contributed by atoms with Gasteiger partial charge in [0, 0.05) is 31.8 Å². The van der Waals surface area contributed by atoms with Crippen LogP contribution in [0.15, 0.2) is 35.8 Å². The van der Waals surface area contributed by atoms with Crippen molar-refractivity contribution in [2.45, 2.75) is 50.5 Å². The predicted molar refractivity (Wildman–Crippen MR) is 144 cm³/mol. The Labute approximate surface area is 229 Å². The van der Waals surface area contributed by atoms with Gasteiger partial charge in [-0.2, -0.15) is 10.4 Å². The maximum absolute atomic E-state index is 13.0. The van der Waals surface area contributed by atoms with E-state index in [4.69, 9.17) is 14.5 Å². The minimum atomic E-state index is -0.974. The molecule has 2 N–H and O–H groups in total. The third kappa shape index (κ3) is 5.93. The second-order valence-corrected chi connectivity index (χ2v) is 10.7. The number of amides is 2. The lowest BCUT2D eigenvalue weighted by atomic mass is 10.2. The molecule has 1 saturated heterocycles. The van der Waals surface area contributed by atoms with Crippen molar-refractivity contribution >= 4 is 34.1 Å². The summed E-state index contributed by atoms with van der Waals surface area (Å²) in [6, 6.07) is 8.57. The normalized spacial score (nSPS) is 20.6. The first-order valence-electron chi connectivity index (χ1n) is 12.7. The lowest BCUT2D eigenvalue weighted by molar-refractivity contribution is -0.119. The molecule has 1 aliphatic carbocycles. The van der Waals surface area contributed by atoms with Crippen molar-refractivity contribution in [3.8, 4) is 17.5 Å². The van der Waals surface area contributed by atoms with Gasteiger partial charge in [-0.25, -0.2) is 9.97 Å². The molecule has 12 nitrogen and oxygen atoms in total. The summed E-state index contributed by atoms with van der Waals surface area (Å²) in [6.45, 7) is 5.56. The first kappa shape index (κ1) is 26.7. The average molecular weight is 551 g/mol. The summed E-state index contributed by atoms with van der Waals surface area (Å²) >= 11 is 1.26. The second kappa shape index (κ2) is 11.1. The van der Waals surface area contributed by atoms with Crippen LogP contribution >= 0.6 is 11.3 Å². The summed E-state index contributed by atoms with van der Waals surface area (Å²) in [5.41, 5.74) is 0.782. The number of nitrogens with one attached hydrogen (secondary N) is 2. The minimum Gasteiger partial charge on any atom is -0.382 e. The second-order valence-electron chi connectivity index (χ2n) is 9.84. The van der Waals surface area contributed by atoms with Crippen LogP contribution in [-0.2, 0) is 19.8 Å². The Balaban J connectivity index is 1.24. The first-order valence-corrected chi connectivity index (χ1v) is 13.6. The number of carbonyl (C=O) groups excluding carboxylic acids is 2. The van der Waals surface area contributed by atoms with Gasteiger partial charge in [0.25, 0.3) is 11.8 Å². The van der Waals surface area contributed by atoms with E-state index in [2.05, 4.69) is 31.7 Å². The summed E-state index contributed by atoms with van der Waals surface area (Å²) in [5.74, 6) is -0.160. The first-order chi connectivity index (χ1) is 18.8. The number of ether oxygens (including phenoxy) is 2. The molecule has 39 heavy (non-hydrogen) atoms. The van der Waals surface area contributed by atoms with Crippen LogP contribution in [-0.4, -0.2) is 76.6 Å². The quantitative estimate of drug-likeness (QED) is 0.410. The molecule has 0 spiro atoms. The Morgan fingerprint density at radius 2 is 2.00 bits per heavy atom. The number of morpholine rings is 1. The highest BCUT2D eigenvalue weighted by Gasteiger charge is 2.46. The number of hydrogen-bond donors (Lipinski definition) is 2. The number of anilines is 2. The number of rotatable bonds is 9. The molecule has 0 unspecified atom stereocenters. The van der Waals surface area contributed by atoms with Crippen LogP contribution in [0.4, 0.5) is 10.9 Å². The van der Waals surface area contributed by atoms with Crippen molar-refractivity contribution in [1.82, 2.24) is 25.1 Å². The number of hydrogen-bond acceptors (Lipinski definition) is 10. The van der Waals surface area contributed by atoms with Crippen LogP contribution < -0.4 is 15.5 Å². The summed E-state index contributed by atoms with van der Waals surface area (Å²) < 4.78 is 12.5. The van der Waals surface area contributed by atoms with E-state index in [-0.39, 0.29) is 24.5 Å². The maximum Gasteiger partial charge on any atom is 0.272 e. The molecule has 2 fully saturated rings. The largest absolute Gasteiger partial charge is 0.382 e. The average Bonchev–Trinajstić information content (AvgIpc) is 3.31. The zero-order chi connectivity index (χ0) is 27.6. The highest BCUT2D eigenvalue weighted by Crippen LogP contribution is 2.42. The maximum atomic E-state index is 13.0. The molecule has 0 aromatic carbocycles. The van der Waals surface area contributed by atoms with E-state index in [0.29, 0.717) is 29.4 Å². The molecule has 2 aliphatic rings. The van der Waals surface area contributed by atoms with Crippen molar-refractivity contribution in [2.24, 2.45) is 0 Å². The van der Waals surface area contributed by atoms with Crippen molar-refractivity contribution in [1.29, 1.82) is 5.26 Å². The Morgan fingerprint density at radius 1 is 1.23 bits per heavy atom. The molecular weight excluding hydrogens is 520 g/mol. The van der Waals surface area contributed by atoms with Gasteiger partial charge in [-0.15, -0.1) is 11.3 Å². The smallest absolute Gasteiger partial charge is 0.272 e. The molecule has 3 aromatic rings. The van der Waals surface area contributed by atoms with Gasteiger partial charge in [0.2, 0.25) is 0 Å². The molecular formula is C26H30N8O4S. The van der Waals surface area contributed by atoms with Gasteiger partial charge < -0.3 is 25.0 Å². The van der Waals surface area contributed by atoms with Crippen LogP contribution in [0.3, 0.4) is 0 Å². The highest BCUT2D eigenvalue weighted by molar-refractivity contribution is 7.14. The zero-order valence-corrected chi connectivity index (χ0v) is 22.8. The van der Waals surface area contributed by atoms with Gasteiger partial charge in [-0.05, 0) is 44.9 Å². The van der Waals surface area contributed by atoms with Gasteiger partial charge in [0.1, 0.15) is 28.8 Å². The van der Waals surface area contributed by atoms with E-state index >= 15 is 0 Å². The van der Waals surface area contributed by atoms with Crippen molar-refractivity contribution < 1.29 is 19.1 Å². The van der Waals surface area contributed by atoms with Crippen molar-refractivity contribution in [2.75, 3.05) is 37.0 Å². The number of nitriles is 1. The Kier molecular flexibility index (Phi) is 7.60. The topological polar surface area (TPSA) is 147 Å². The standard InChI is InChI=1S/C26H30N8O4S/c1-16-11-33(12-17(2)38-16)22-6-4-5-18(28-22)21-14-39-25(30-21)31-24(36)20(13-37-3)29-23(35)19-7-10-34(32-19)26(15-27)8-9-26/h4-7,10,14,16-17,20H,8-9,11-13H2,1-3H3,(H,29,35)(H,30,31,36)/t16-,17+,20-/m0/s1. The summed E-state index contributed by atoms with van der Waals surface area (Å²) in [6.07, 6.45) is 3.23. The summed E-state index contributed by atoms with van der Waals surface area (Å²) in [7, 11) is 1.45. The van der Waals surface area contributed by atoms with Crippen LogP contribution in [0.1, 0.15) is 37.2 Å². The molecule has 3 atom stereocenters. The third-order valence-corrected chi connectivity index (χ3v) is 7.38. The fourth-order valence-corrected chi connectivity index (χ4v) is 5.23. The number of carbonyl (C=O) groups is 2. The van der Waals surface area contributed by atoms with E-state index in [9.17, 15) is 14.9 Å². The van der Waals surface area contributed by atoms with Crippen LogP contribution in [0.2, 0.25) is 0 Å². The molecule has 0 bridgehead atoms. The number of nitrogens with zero attached hydrogens (tertiary/aromatic N) is 6. The van der Waals surface area contributed by atoms with E-state index in [0.717, 1.165) is 18.9 Å². The molecule has 5 rings (SSSR count). The van der Waals surface area contributed by atoms with Crippen molar-refractivity contribution in [3.05, 3.63) is 41.5 Å². The number of pyridine rings is 1. The van der Waals surface area contributed by atoms with Crippen LogP contribution in [0.25, 0.3) is 11.4 Å². The monoisotopic (exact) mass is 550 g/mol. The number of methoxy groups -OCH3 is 1. The summed E-state index contributed by atoms with van der Waals surface area (Å²) in [5, 5.41) is 21.2. The highest BCUT2D eigenvalue weighted by atomic mass is 32.1. The Bertz CT molecular complexity index is 1380. The van der Waals surface area contributed by atoms with E-state index in [1.807, 2.05) is 37.4 Å². The fraction of sp³-hybridized carbons (Fsp3) is 0.462. The predicted octanol–water partition coefficient (Wildman–Crippen LogP) is 2.41.